The molecule has 0 aliphatic heterocycles. The molecule has 0 saturated heterocycles. The average Bonchev–Trinajstić information content (AvgIpc) is 3.12. The third-order valence-electron chi connectivity index (χ3n) is 5.25. The van der Waals surface area contributed by atoms with Gasteiger partial charge in [0, 0.05) is 6.07 Å². The quantitative estimate of drug-likeness (QED) is 0.595. The van der Waals surface area contributed by atoms with Crippen molar-refractivity contribution in [2.24, 2.45) is 5.92 Å². The third kappa shape index (κ3) is 4.84. The third-order valence-corrected chi connectivity index (χ3v) is 5.25. The van der Waals surface area contributed by atoms with Crippen molar-refractivity contribution in [3.63, 3.8) is 0 Å². The fourth-order valence-corrected chi connectivity index (χ4v) is 3.45. The zero-order valence-electron chi connectivity index (χ0n) is 18.0. The lowest BCUT2D eigenvalue weighted by Crippen LogP contribution is -2.32. The molecule has 0 aliphatic rings. The van der Waals surface area contributed by atoms with Crippen molar-refractivity contribution >= 4 is 5.91 Å². The molecule has 1 aromatic carbocycles. The van der Waals surface area contributed by atoms with Gasteiger partial charge in [-0.25, -0.2) is 9.78 Å². The second kappa shape index (κ2) is 9.52. The van der Waals surface area contributed by atoms with Crippen LogP contribution < -0.4 is 10.9 Å². The second-order valence-electron chi connectivity index (χ2n) is 7.88. The fraction of sp³-hybridized carbons (Fsp3) is 0.391. The smallest absolute Gasteiger partial charge is 0.264 e. The van der Waals surface area contributed by atoms with E-state index >= 15 is 0 Å². The van der Waals surface area contributed by atoms with Gasteiger partial charge in [0.1, 0.15) is 0 Å². The van der Waals surface area contributed by atoms with Crippen molar-refractivity contribution in [1.29, 1.82) is 0 Å². The van der Waals surface area contributed by atoms with Crippen LogP contribution >= 0.6 is 0 Å². The number of carbonyl (C=O) groups excluding carboxylic acids is 1. The van der Waals surface area contributed by atoms with Gasteiger partial charge in [-0.15, -0.1) is 0 Å². The van der Waals surface area contributed by atoms with E-state index in [-0.39, 0.29) is 23.4 Å². The van der Waals surface area contributed by atoms with Crippen LogP contribution in [0.4, 0.5) is 0 Å². The summed E-state index contributed by atoms with van der Waals surface area (Å²) in [4.78, 5) is 24.3. The van der Waals surface area contributed by atoms with Gasteiger partial charge in [-0.05, 0) is 42.9 Å². The number of aryl methyl sites for hydroxylation is 1. The Kier molecular flexibility index (Phi) is 6.82. The van der Waals surface area contributed by atoms with Crippen LogP contribution in [0, 0.1) is 12.8 Å². The summed E-state index contributed by atoms with van der Waals surface area (Å²) in [5.41, 5.74) is 3.26. The minimum Gasteiger partial charge on any atom is -0.345 e. The minimum absolute atomic E-state index is 0.105. The molecule has 7 nitrogen and oxygen atoms in total. The van der Waals surface area contributed by atoms with Gasteiger partial charge in [0.2, 0.25) is 0 Å². The summed E-state index contributed by atoms with van der Waals surface area (Å²) in [6.07, 6.45) is 4.96. The Balaban J connectivity index is 1.79. The van der Waals surface area contributed by atoms with Gasteiger partial charge in [-0.3, -0.25) is 9.59 Å². The first kappa shape index (κ1) is 21.5. The zero-order chi connectivity index (χ0) is 21.7. The molecule has 1 amide bonds. The van der Waals surface area contributed by atoms with Crippen LogP contribution in [0.15, 0.2) is 47.4 Å². The van der Waals surface area contributed by atoms with E-state index in [1.54, 1.807) is 6.07 Å². The molecule has 1 unspecified atom stereocenters. The highest BCUT2D eigenvalue weighted by molar-refractivity contribution is 5.95. The van der Waals surface area contributed by atoms with Crippen molar-refractivity contribution < 1.29 is 4.79 Å². The Hall–Kier alpha value is -3.22. The first-order valence-electron chi connectivity index (χ1n) is 10.4. The Labute approximate surface area is 176 Å². The maximum Gasteiger partial charge on any atom is 0.264 e. The van der Waals surface area contributed by atoms with Crippen molar-refractivity contribution in [3.05, 3.63) is 75.3 Å². The number of unbranched alkanes of at least 4 members (excludes halogenated alkanes) is 1. The highest BCUT2D eigenvalue weighted by atomic mass is 16.1. The topological polar surface area (TPSA) is 92.7 Å². The molecule has 0 saturated carbocycles. The zero-order valence-corrected chi connectivity index (χ0v) is 18.0. The van der Waals surface area contributed by atoms with Crippen LogP contribution in [-0.2, 0) is 6.42 Å². The number of hydrogen-bond acceptors (Lipinski definition) is 4. The lowest BCUT2D eigenvalue weighted by molar-refractivity contribution is 0.0925. The van der Waals surface area contributed by atoms with E-state index in [1.165, 1.54) is 35.4 Å². The van der Waals surface area contributed by atoms with Crippen LogP contribution in [0.2, 0.25) is 0 Å². The molecule has 2 N–H and O–H groups in total. The number of benzene rings is 1. The summed E-state index contributed by atoms with van der Waals surface area (Å²) in [6, 6.07) is 11.4. The molecular formula is C23H29N5O2. The summed E-state index contributed by atoms with van der Waals surface area (Å²) in [5.74, 6) is 0.498. The van der Waals surface area contributed by atoms with Crippen LogP contribution in [0.25, 0.3) is 5.82 Å². The number of aromatic amines is 1. The molecule has 0 aliphatic carbocycles. The molecule has 30 heavy (non-hydrogen) atoms. The van der Waals surface area contributed by atoms with Gasteiger partial charge >= 0.3 is 0 Å². The Morgan fingerprint density at radius 2 is 1.90 bits per heavy atom. The molecule has 0 spiro atoms. The Bertz CT molecular complexity index is 1030. The highest BCUT2D eigenvalue weighted by Gasteiger charge is 2.22. The van der Waals surface area contributed by atoms with Crippen molar-refractivity contribution in [2.45, 2.75) is 53.0 Å². The number of aromatic nitrogens is 4. The Morgan fingerprint density at radius 1 is 1.17 bits per heavy atom. The van der Waals surface area contributed by atoms with E-state index in [2.05, 4.69) is 65.6 Å². The number of nitrogens with one attached hydrogen (secondary N) is 2. The predicted molar refractivity (Wildman–Crippen MR) is 117 cm³/mol. The van der Waals surface area contributed by atoms with E-state index in [0.29, 0.717) is 17.1 Å². The summed E-state index contributed by atoms with van der Waals surface area (Å²) >= 11 is 0. The predicted octanol–water partition coefficient (Wildman–Crippen LogP) is 3.73. The number of rotatable bonds is 8. The van der Waals surface area contributed by atoms with E-state index in [9.17, 15) is 9.59 Å². The minimum atomic E-state index is -0.290. The van der Waals surface area contributed by atoms with Gasteiger partial charge in [-0.2, -0.15) is 10.2 Å². The fourth-order valence-electron chi connectivity index (χ4n) is 3.45. The number of hydrogen-bond donors (Lipinski definition) is 2. The molecule has 2 aromatic heterocycles. The summed E-state index contributed by atoms with van der Waals surface area (Å²) in [6.45, 7) is 8.19. The Morgan fingerprint density at radius 3 is 2.50 bits per heavy atom. The van der Waals surface area contributed by atoms with Crippen LogP contribution in [0.1, 0.15) is 66.8 Å². The van der Waals surface area contributed by atoms with Gasteiger partial charge in [0.25, 0.3) is 11.5 Å². The first-order chi connectivity index (χ1) is 14.4. The summed E-state index contributed by atoms with van der Waals surface area (Å²) in [5, 5.41) is 13.8. The molecule has 0 fully saturated rings. The molecule has 2 heterocycles. The van der Waals surface area contributed by atoms with E-state index in [0.717, 1.165) is 12.0 Å². The van der Waals surface area contributed by atoms with Crippen LogP contribution in [-0.4, -0.2) is 25.9 Å². The van der Waals surface area contributed by atoms with Gasteiger partial charge in [0.15, 0.2) is 5.82 Å². The number of carbonyl (C=O) groups is 1. The molecule has 0 radical (unpaired) electrons. The van der Waals surface area contributed by atoms with Crippen molar-refractivity contribution in [1.82, 2.24) is 25.3 Å². The van der Waals surface area contributed by atoms with Crippen molar-refractivity contribution in [3.8, 4) is 5.82 Å². The summed E-state index contributed by atoms with van der Waals surface area (Å²) in [7, 11) is 0. The standard InChI is InChI=1S/C23H29N5O2/c1-5-6-7-17-8-10-18(11-9-17)22(15(2)3)25-23(30)19-14-24-28(16(19)4)20-12-13-21(29)27-26-20/h8-15,22H,5-7H2,1-4H3,(H,25,30)(H,27,29). The number of amides is 1. The van der Waals surface area contributed by atoms with Crippen LogP contribution in [0.5, 0.6) is 0 Å². The number of nitrogens with zero attached hydrogens (tertiary/aromatic N) is 3. The maximum atomic E-state index is 13.0. The number of H-pyrrole nitrogens is 1. The lowest BCUT2D eigenvalue weighted by Gasteiger charge is -2.23. The van der Waals surface area contributed by atoms with E-state index in [1.807, 2.05) is 6.92 Å². The molecule has 3 rings (SSSR count). The second-order valence-corrected chi connectivity index (χ2v) is 7.88. The lowest BCUT2D eigenvalue weighted by atomic mass is 9.94. The molecule has 3 aromatic rings. The summed E-state index contributed by atoms with van der Waals surface area (Å²) < 4.78 is 1.54. The van der Waals surface area contributed by atoms with E-state index in [4.69, 9.17) is 0 Å². The molecule has 1 atom stereocenters. The van der Waals surface area contributed by atoms with Crippen molar-refractivity contribution in [2.75, 3.05) is 0 Å². The first-order valence-corrected chi connectivity index (χ1v) is 10.4. The molecule has 0 bridgehead atoms. The largest absolute Gasteiger partial charge is 0.345 e. The monoisotopic (exact) mass is 407 g/mol. The van der Waals surface area contributed by atoms with Gasteiger partial charge in [-0.1, -0.05) is 51.5 Å². The highest BCUT2D eigenvalue weighted by Crippen LogP contribution is 2.24. The van der Waals surface area contributed by atoms with E-state index < -0.39 is 0 Å². The maximum absolute atomic E-state index is 13.0. The van der Waals surface area contributed by atoms with Gasteiger partial charge < -0.3 is 5.32 Å². The van der Waals surface area contributed by atoms with Crippen LogP contribution in [0.3, 0.4) is 0 Å². The molecule has 158 valence electrons. The molecule has 7 heteroatoms. The normalized spacial score (nSPS) is 12.2. The SMILES string of the molecule is CCCCc1ccc(C(NC(=O)c2cnn(-c3ccc(=O)[nH]n3)c2C)C(C)C)cc1. The van der Waals surface area contributed by atoms with Gasteiger partial charge in [0.05, 0.1) is 23.5 Å². The molecular weight excluding hydrogens is 378 g/mol. The average molecular weight is 408 g/mol.